The van der Waals surface area contributed by atoms with Crippen LogP contribution in [0.2, 0.25) is 0 Å². The van der Waals surface area contributed by atoms with Crippen LogP contribution in [0.3, 0.4) is 0 Å². The summed E-state index contributed by atoms with van der Waals surface area (Å²) in [7, 11) is 0. The minimum atomic E-state index is -0.972. The highest BCUT2D eigenvalue weighted by Crippen LogP contribution is 2.07. The van der Waals surface area contributed by atoms with Crippen LogP contribution in [0.25, 0.3) is 0 Å². The Hall–Kier alpha value is -1.96. The van der Waals surface area contributed by atoms with Crippen LogP contribution in [0.15, 0.2) is 48.5 Å². The zero-order valence-electron chi connectivity index (χ0n) is 9.62. The summed E-state index contributed by atoms with van der Waals surface area (Å²) in [6.45, 7) is 0. The maximum Gasteiger partial charge on any atom is 0.359 e. The lowest BCUT2D eigenvalue weighted by Crippen LogP contribution is -3.61. The standard InChI is InChI=1S/C13H8INO4/c16-13(17)11-6-1-2-7-12(11)14-9-4-3-5-10(8-9)15(18)19/h1-8H/p+1. The van der Waals surface area contributed by atoms with Gasteiger partial charge in [0.25, 0.3) is 5.69 Å². The summed E-state index contributed by atoms with van der Waals surface area (Å²) in [5.41, 5.74) is 0.298. The van der Waals surface area contributed by atoms with Gasteiger partial charge in [-0.2, -0.15) is 0 Å². The first-order valence-electron chi connectivity index (χ1n) is 5.29. The third kappa shape index (κ3) is 3.28. The highest BCUT2D eigenvalue weighted by molar-refractivity contribution is 5.87. The van der Waals surface area contributed by atoms with Crippen LogP contribution < -0.4 is 21.2 Å². The Morgan fingerprint density at radius 1 is 1.16 bits per heavy atom. The van der Waals surface area contributed by atoms with E-state index in [1.807, 2.05) is 0 Å². The average molecular weight is 370 g/mol. The second-order valence-corrected chi connectivity index (χ2v) is 6.56. The lowest BCUT2D eigenvalue weighted by molar-refractivity contribution is -0.598. The van der Waals surface area contributed by atoms with Crippen LogP contribution >= 0.6 is 0 Å². The molecule has 0 spiro atoms. The van der Waals surface area contributed by atoms with Crippen LogP contribution in [0.1, 0.15) is 10.4 Å². The van der Waals surface area contributed by atoms with E-state index in [0.717, 1.165) is 7.14 Å². The molecule has 0 unspecified atom stereocenters. The van der Waals surface area contributed by atoms with Gasteiger partial charge in [-0.15, -0.1) is 0 Å². The van der Waals surface area contributed by atoms with Crippen molar-refractivity contribution in [2.75, 3.05) is 0 Å². The number of hydrogen-bond acceptors (Lipinski definition) is 3. The Morgan fingerprint density at radius 2 is 1.89 bits per heavy atom. The number of aromatic carboxylic acids is 1. The molecule has 6 heteroatoms. The molecule has 0 aliphatic heterocycles. The third-order valence-electron chi connectivity index (χ3n) is 2.33. The Bertz CT molecular complexity index is 642. The highest BCUT2D eigenvalue weighted by atomic mass is 127. The summed E-state index contributed by atoms with van der Waals surface area (Å²) in [4.78, 5) is 21.4. The van der Waals surface area contributed by atoms with Crippen LogP contribution in [0.4, 0.5) is 5.69 Å². The first-order valence-corrected chi connectivity index (χ1v) is 7.45. The zero-order chi connectivity index (χ0) is 13.8. The van der Waals surface area contributed by atoms with Gasteiger partial charge in [-0.1, -0.05) is 18.2 Å². The molecular formula is C13H9INO4+. The van der Waals surface area contributed by atoms with Crippen LogP contribution in [0, 0.1) is 17.3 Å². The van der Waals surface area contributed by atoms with Crippen molar-refractivity contribution in [3.8, 4) is 0 Å². The maximum absolute atomic E-state index is 11.1. The molecule has 1 N–H and O–H groups in total. The van der Waals surface area contributed by atoms with E-state index in [1.54, 1.807) is 36.4 Å². The smallest absolute Gasteiger partial charge is 0.359 e. The molecule has 0 fully saturated rings. The molecule has 19 heavy (non-hydrogen) atoms. The van der Waals surface area contributed by atoms with Crippen LogP contribution in [0.5, 0.6) is 0 Å². The summed E-state index contributed by atoms with van der Waals surface area (Å²) < 4.78 is 1.57. The second kappa shape index (κ2) is 5.79. The van der Waals surface area contributed by atoms with Gasteiger partial charge in [0.05, 0.1) is 11.0 Å². The Morgan fingerprint density at radius 3 is 2.58 bits per heavy atom. The van der Waals surface area contributed by atoms with E-state index in [0.29, 0.717) is 0 Å². The maximum atomic E-state index is 11.1. The van der Waals surface area contributed by atoms with E-state index < -0.39 is 32.1 Å². The fourth-order valence-corrected chi connectivity index (χ4v) is 4.10. The Balaban J connectivity index is 2.34. The van der Waals surface area contributed by atoms with Crippen molar-refractivity contribution in [2.24, 2.45) is 0 Å². The first-order chi connectivity index (χ1) is 9.08. The van der Waals surface area contributed by atoms with Crippen molar-refractivity contribution in [2.45, 2.75) is 0 Å². The number of non-ortho nitro benzene ring substituents is 1. The second-order valence-electron chi connectivity index (χ2n) is 3.62. The highest BCUT2D eigenvalue weighted by Gasteiger charge is 2.24. The molecule has 0 bridgehead atoms. The summed E-state index contributed by atoms with van der Waals surface area (Å²) in [6.07, 6.45) is 0. The van der Waals surface area contributed by atoms with Gasteiger partial charge >= 0.3 is 27.2 Å². The van der Waals surface area contributed by atoms with Gasteiger partial charge in [0.1, 0.15) is 5.56 Å². The predicted octanol–water partition coefficient (Wildman–Crippen LogP) is -0.579. The van der Waals surface area contributed by atoms with Gasteiger partial charge in [-0.3, -0.25) is 10.1 Å². The van der Waals surface area contributed by atoms with Crippen molar-refractivity contribution in [3.05, 3.63) is 71.3 Å². The number of benzene rings is 2. The lowest BCUT2D eigenvalue weighted by atomic mass is 10.2. The van der Waals surface area contributed by atoms with Crippen molar-refractivity contribution in [1.29, 1.82) is 0 Å². The fourth-order valence-electron chi connectivity index (χ4n) is 1.48. The Labute approximate surface area is 119 Å². The first kappa shape index (κ1) is 13.5. The number of halogens is 1. The molecule has 0 aromatic heterocycles. The van der Waals surface area contributed by atoms with Gasteiger partial charge in [-0.25, -0.2) is 4.79 Å². The molecule has 0 saturated heterocycles. The topological polar surface area (TPSA) is 80.4 Å². The summed E-state index contributed by atoms with van der Waals surface area (Å²) in [6, 6.07) is 13.1. The predicted molar refractivity (Wildman–Crippen MR) is 63.9 cm³/mol. The van der Waals surface area contributed by atoms with E-state index in [-0.39, 0.29) is 11.3 Å². The quantitative estimate of drug-likeness (QED) is 0.444. The van der Waals surface area contributed by atoms with E-state index >= 15 is 0 Å². The van der Waals surface area contributed by atoms with Crippen molar-refractivity contribution < 1.29 is 36.0 Å². The lowest BCUT2D eigenvalue weighted by Gasteiger charge is -1.94. The molecule has 0 radical (unpaired) electrons. The van der Waals surface area contributed by atoms with Gasteiger partial charge in [0.15, 0.2) is 0 Å². The molecule has 96 valence electrons. The summed E-state index contributed by atoms with van der Waals surface area (Å²) in [5, 5.41) is 19.8. The van der Waals surface area contributed by atoms with E-state index in [9.17, 15) is 14.9 Å². The third-order valence-corrected chi connectivity index (χ3v) is 5.15. The van der Waals surface area contributed by atoms with E-state index in [1.165, 1.54) is 12.1 Å². The number of carbonyl (C=O) groups is 1. The fraction of sp³-hybridized carbons (Fsp3) is 0. The van der Waals surface area contributed by atoms with Crippen molar-refractivity contribution in [3.63, 3.8) is 0 Å². The van der Waals surface area contributed by atoms with E-state index in [2.05, 4.69) is 0 Å². The van der Waals surface area contributed by atoms with Gasteiger partial charge < -0.3 is 5.11 Å². The number of nitro benzene ring substituents is 1. The number of nitrogens with zero attached hydrogens (tertiary/aromatic N) is 1. The number of hydrogen-bond donors (Lipinski definition) is 1. The summed E-state index contributed by atoms with van der Waals surface area (Å²) >= 11 is -0.754. The molecular weight excluding hydrogens is 361 g/mol. The number of carboxylic acid groups (broad SMARTS) is 1. The molecule has 0 heterocycles. The molecule has 0 saturated carbocycles. The number of rotatable bonds is 4. The molecule has 5 nitrogen and oxygen atoms in total. The average Bonchev–Trinajstić information content (AvgIpc) is 2.39. The van der Waals surface area contributed by atoms with E-state index in [4.69, 9.17) is 5.11 Å². The zero-order valence-corrected chi connectivity index (χ0v) is 11.8. The minimum absolute atomic E-state index is 0.0324. The molecule has 0 amide bonds. The van der Waals surface area contributed by atoms with Gasteiger partial charge in [0, 0.05) is 6.07 Å². The van der Waals surface area contributed by atoms with Crippen molar-refractivity contribution in [1.82, 2.24) is 0 Å². The number of carboxylic acids is 1. The minimum Gasteiger partial charge on any atom is -0.478 e. The monoisotopic (exact) mass is 370 g/mol. The molecule has 2 aromatic carbocycles. The molecule has 2 rings (SSSR count). The summed E-state index contributed by atoms with van der Waals surface area (Å²) in [5.74, 6) is -0.972. The molecule has 0 aliphatic carbocycles. The molecule has 0 atom stereocenters. The molecule has 0 aliphatic rings. The van der Waals surface area contributed by atoms with Crippen molar-refractivity contribution >= 4 is 11.7 Å². The normalized spacial score (nSPS) is 10.1. The molecule has 2 aromatic rings. The van der Waals surface area contributed by atoms with Gasteiger partial charge in [-0.05, 0) is 18.2 Å². The van der Waals surface area contributed by atoms with Crippen LogP contribution in [-0.4, -0.2) is 16.0 Å². The Kier molecular flexibility index (Phi) is 4.10. The number of nitro groups is 1. The largest absolute Gasteiger partial charge is 0.478 e. The SMILES string of the molecule is O=C(O)c1ccccc1[I+]c1cccc([N+](=O)[O-])c1. The van der Waals surface area contributed by atoms with Crippen LogP contribution in [-0.2, 0) is 0 Å². The van der Waals surface area contributed by atoms with Gasteiger partial charge in [0.2, 0.25) is 7.14 Å².